The Bertz CT molecular complexity index is 914. The van der Waals surface area contributed by atoms with Gasteiger partial charge < -0.3 is 14.4 Å². The van der Waals surface area contributed by atoms with E-state index in [1.54, 1.807) is 6.92 Å². The first-order valence-electron chi connectivity index (χ1n) is 9.08. The maximum Gasteiger partial charge on any atom is 0.261 e. The number of carbonyl (C=O) groups excluding carboxylic acids is 1. The van der Waals surface area contributed by atoms with Crippen molar-refractivity contribution in [1.82, 2.24) is 14.7 Å². The van der Waals surface area contributed by atoms with Gasteiger partial charge in [0.15, 0.2) is 0 Å². The Morgan fingerprint density at radius 3 is 2.81 bits per heavy atom. The van der Waals surface area contributed by atoms with E-state index in [-0.39, 0.29) is 5.91 Å². The molecule has 2 aromatic heterocycles. The number of rotatable bonds is 4. The van der Waals surface area contributed by atoms with Crippen molar-refractivity contribution in [3.05, 3.63) is 53.3 Å². The van der Waals surface area contributed by atoms with E-state index in [1.165, 1.54) is 18.7 Å². The molecule has 0 unspecified atom stereocenters. The van der Waals surface area contributed by atoms with E-state index >= 15 is 0 Å². The monoisotopic (exact) mass is 350 g/mol. The molecule has 6 heteroatoms. The lowest BCUT2D eigenvalue weighted by Gasteiger charge is -2.11. The summed E-state index contributed by atoms with van der Waals surface area (Å²) in [4.78, 5) is 17.3. The Morgan fingerprint density at radius 1 is 1.27 bits per heavy atom. The van der Waals surface area contributed by atoms with E-state index in [9.17, 15) is 4.79 Å². The van der Waals surface area contributed by atoms with Crippen LogP contribution in [0.3, 0.4) is 0 Å². The maximum atomic E-state index is 12.5. The van der Waals surface area contributed by atoms with Crippen LogP contribution in [0.2, 0.25) is 0 Å². The highest BCUT2D eigenvalue weighted by Crippen LogP contribution is 2.24. The third-order valence-electron chi connectivity index (χ3n) is 4.84. The molecule has 3 aromatic rings. The van der Waals surface area contributed by atoms with E-state index in [0.717, 1.165) is 29.9 Å². The molecule has 1 aliphatic rings. The van der Waals surface area contributed by atoms with Crippen LogP contribution < -0.4 is 5.32 Å². The molecule has 6 nitrogen and oxygen atoms in total. The molecule has 1 amide bonds. The Labute approximate surface area is 152 Å². The van der Waals surface area contributed by atoms with E-state index in [0.29, 0.717) is 23.4 Å². The van der Waals surface area contributed by atoms with Gasteiger partial charge in [-0.1, -0.05) is 24.2 Å². The van der Waals surface area contributed by atoms with Gasteiger partial charge in [0.25, 0.3) is 5.91 Å². The van der Waals surface area contributed by atoms with Crippen LogP contribution in [0.4, 0.5) is 5.69 Å². The van der Waals surface area contributed by atoms with Gasteiger partial charge >= 0.3 is 0 Å². The van der Waals surface area contributed by atoms with Gasteiger partial charge in [-0.3, -0.25) is 4.79 Å². The second-order valence-electron chi connectivity index (χ2n) is 6.64. The summed E-state index contributed by atoms with van der Waals surface area (Å²) in [7, 11) is 0. The molecule has 0 bridgehead atoms. The lowest BCUT2D eigenvalue weighted by Crippen LogP contribution is -2.14. The molecule has 0 spiro atoms. The summed E-state index contributed by atoms with van der Waals surface area (Å²) in [5, 5.41) is 6.86. The summed E-state index contributed by atoms with van der Waals surface area (Å²) in [5.41, 5.74) is 3.99. The topological polar surface area (TPSA) is 73.0 Å². The molecule has 1 aliphatic heterocycles. The molecular formula is C20H22N4O2. The van der Waals surface area contributed by atoms with Gasteiger partial charge in [0.2, 0.25) is 0 Å². The molecular weight excluding hydrogens is 328 g/mol. The van der Waals surface area contributed by atoms with Crippen molar-refractivity contribution in [3.63, 3.8) is 0 Å². The molecule has 4 rings (SSSR count). The van der Waals surface area contributed by atoms with Crippen LogP contribution in [0.15, 0.2) is 35.0 Å². The fourth-order valence-corrected chi connectivity index (χ4v) is 3.42. The highest BCUT2D eigenvalue weighted by atomic mass is 16.5. The predicted molar refractivity (Wildman–Crippen MR) is 99.2 cm³/mol. The number of imidazole rings is 1. The van der Waals surface area contributed by atoms with Crippen LogP contribution in [0.1, 0.15) is 47.4 Å². The fourth-order valence-electron chi connectivity index (χ4n) is 3.42. The number of aromatic nitrogens is 3. The normalized spacial score (nSPS) is 13.5. The first-order valence-corrected chi connectivity index (χ1v) is 9.08. The van der Waals surface area contributed by atoms with Crippen molar-refractivity contribution in [3.8, 4) is 11.3 Å². The zero-order chi connectivity index (χ0) is 18.1. The quantitative estimate of drug-likeness (QED) is 0.772. The van der Waals surface area contributed by atoms with E-state index < -0.39 is 0 Å². The average Bonchev–Trinajstić information content (AvgIpc) is 3.25. The minimum Gasteiger partial charge on any atom is -0.361 e. The van der Waals surface area contributed by atoms with Crippen LogP contribution in [-0.4, -0.2) is 20.6 Å². The molecule has 0 atom stereocenters. The maximum absolute atomic E-state index is 12.5. The highest BCUT2D eigenvalue weighted by Gasteiger charge is 2.19. The lowest BCUT2D eigenvalue weighted by molar-refractivity contribution is 0.102. The van der Waals surface area contributed by atoms with E-state index in [2.05, 4.69) is 21.2 Å². The van der Waals surface area contributed by atoms with Gasteiger partial charge in [-0.15, -0.1) is 0 Å². The molecule has 1 N–H and O–H groups in total. The first-order chi connectivity index (χ1) is 12.7. The lowest BCUT2D eigenvalue weighted by atomic mass is 10.1. The second-order valence-corrected chi connectivity index (χ2v) is 6.64. The first kappa shape index (κ1) is 16.6. The molecule has 0 saturated carbocycles. The number of nitrogens with zero attached hydrogens (tertiary/aromatic N) is 3. The highest BCUT2D eigenvalue weighted by molar-refractivity contribution is 6.05. The number of hydrogen-bond donors (Lipinski definition) is 1. The third-order valence-corrected chi connectivity index (χ3v) is 4.84. The average molecular weight is 350 g/mol. The van der Waals surface area contributed by atoms with Crippen molar-refractivity contribution < 1.29 is 9.32 Å². The molecule has 134 valence electrons. The standard InChI is InChI=1S/C20H22N4O2/c1-3-16-19(13(2)26-23-16)20(25)21-15-9-7-14(8-10-15)17-12-24-11-5-4-6-18(24)22-17/h7-10,12H,3-6,11H2,1-2H3,(H,21,25). The van der Waals surface area contributed by atoms with Crippen LogP contribution in [0.25, 0.3) is 11.3 Å². The zero-order valence-corrected chi connectivity index (χ0v) is 15.1. The van der Waals surface area contributed by atoms with Crippen molar-refractivity contribution >= 4 is 11.6 Å². The Balaban J connectivity index is 1.52. The molecule has 0 fully saturated rings. The number of nitrogens with one attached hydrogen (secondary N) is 1. The minimum atomic E-state index is -0.189. The summed E-state index contributed by atoms with van der Waals surface area (Å²) in [6.07, 6.45) is 6.26. The molecule has 3 heterocycles. The van der Waals surface area contributed by atoms with Gasteiger partial charge in [-0.25, -0.2) is 4.98 Å². The number of aryl methyl sites for hydroxylation is 4. The molecule has 1 aromatic carbocycles. The molecule has 26 heavy (non-hydrogen) atoms. The smallest absolute Gasteiger partial charge is 0.261 e. The molecule has 0 saturated heterocycles. The molecule has 0 radical (unpaired) electrons. The summed E-state index contributed by atoms with van der Waals surface area (Å²) in [6.45, 7) is 4.76. The number of amides is 1. The van der Waals surface area contributed by atoms with Gasteiger partial charge in [-0.2, -0.15) is 0 Å². The van der Waals surface area contributed by atoms with Gasteiger partial charge in [-0.05, 0) is 38.3 Å². The third kappa shape index (κ3) is 3.03. The van der Waals surface area contributed by atoms with Crippen LogP contribution in [0.5, 0.6) is 0 Å². The minimum absolute atomic E-state index is 0.189. The number of hydrogen-bond acceptors (Lipinski definition) is 4. The number of anilines is 1. The largest absolute Gasteiger partial charge is 0.361 e. The SMILES string of the molecule is CCc1noc(C)c1C(=O)Nc1ccc(-c2cn3c(n2)CCCC3)cc1. The fraction of sp³-hybridized carbons (Fsp3) is 0.350. The Hall–Kier alpha value is -2.89. The van der Waals surface area contributed by atoms with Crippen LogP contribution in [0, 0.1) is 6.92 Å². The number of carbonyl (C=O) groups is 1. The van der Waals surface area contributed by atoms with Gasteiger partial charge in [0.05, 0.1) is 11.4 Å². The Kier molecular flexibility index (Phi) is 4.32. The van der Waals surface area contributed by atoms with Crippen LogP contribution >= 0.6 is 0 Å². The van der Waals surface area contributed by atoms with E-state index in [4.69, 9.17) is 9.51 Å². The van der Waals surface area contributed by atoms with E-state index in [1.807, 2.05) is 31.2 Å². The van der Waals surface area contributed by atoms with Gasteiger partial charge in [0, 0.05) is 30.4 Å². The van der Waals surface area contributed by atoms with Crippen molar-refractivity contribution in [2.24, 2.45) is 0 Å². The zero-order valence-electron chi connectivity index (χ0n) is 15.1. The number of fused-ring (bicyclic) bond motifs is 1. The second kappa shape index (κ2) is 6.78. The summed E-state index contributed by atoms with van der Waals surface area (Å²) in [6, 6.07) is 7.79. The summed E-state index contributed by atoms with van der Waals surface area (Å²) >= 11 is 0. The van der Waals surface area contributed by atoms with Gasteiger partial charge in [0.1, 0.15) is 17.1 Å². The molecule has 0 aliphatic carbocycles. The van der Waals surface area contributed by atoms with Crippen molar-refractivity contribution in [2.45, 2.75) is 46.1 Å². The Morgan fingerprint density at radius 2 is 2.08 bits per heavy atom. The van der Waals surface area contributed by atoms with Crippen molar-refractivity contribution in [1.29, 1.82) is 0 Å². The predicted octanol–water partition coefficient (Wildman–Crippen LogP) is 4.00. The number of benzene rings is 1. The summed E-state index contributed by atoms with van der Waals surface area (Å²) < 4.78 is 7.39. The summed E-state index contributed by atoms with van der Waals surface area (Å²) in [5.74, 6) is 1.52. The van der Waals surface area contributed by atoms with Crippen molar-refractivity contribution in [2.75, 3.05) is 5.32 Å². The van der Waals surface area contributed by atoms with Crippen LogP contribution in [-0.2, 0) is 19.4 Å².